The number of carboxylic acid groups (broad SMARTS) is 1. The van der Waals surface area contributed by atoms with Crippen LogP contribution in [0.2, 0.25) is 0 Å². The molecule has 0 aromatic heterocycles. The number of hydrogen-bond donors (Lipinski definition) is 3. The number of alkyl carbamates (subject to hydrolysis) is 1. The number of rotatable bonds is 6. The van der Waals surface area contributed by atoms with Gasteiger partial charge in [0.2, 0.25) is 5.91 Å². The van der Waals surface area contributed by atoms with Crippen LogP contribution in [0.25, 0.3) is 0 Å². The van der Waals surface area contributed by atoms with E-state index in [0.29, 0.717) is 11.3 Å². The molecule has 1 aromatic carbocycles. The van der Waals surface area contributed by atoms with Gasteiger partial charge in [-0.25, -0.2) is 4.79 Å². The molecule has 1 unspecified atom stereocenters. The van der Waals surface area contributed by atoms with E-state index in [2.05, 4.69) is 16.6 Å². The van der Waals surface area contributed by atoms with E-state index in [1.54, 1.807) is 45.0 Å². The van der Waals surface area contributed by atoms with Crippen molar-refractivity contribution >= 4 is 23.7 Å². The largest absolute Gasteiger partial charge is 0.481 e. The Kier molecular flexibility index (Phi) is 7.00. The molecular formula is C18H22N2O5. The quantitative estimate of drug-likeness (QED) is 0.686. The summed E-state index contributed by atoms with van der Waals surface area (Å²) in [5, 5.41) is 13.8. The number of aliphatic carboxylic acids is 1. The van der Waals surface area contributed by atoms with Crippen molar-refractivity contribution in [3.05, 3.63) is 29.8 Å². The van der Waals surface area contributed by atoms with Crippen LogP contribution in [0.5, 0.6) is 0 Å². The lowest BCUT2D eigenvalue weighted by molar-refractivity contribution is -0.137. The van der Waals surface area contributed by atoms with E-state index >= 15 is 0 Å². The third kappa shape index (κ3) is 7.88. The van der Waals surface area contributed by atoms with Crippen LogP contribution in [-0.2, 0) is 14.3 Å². The van der Waals surface area contributed by atoms with Crippen molar-refractivity contribution in [1.82, 2.24) is 5.32 Å². The van der Waals surface area contributed by atoms with E-state index in [9.17, 15) is 14.4 Å². The van der Waals surface area contributed by atoms with Gasteiger partial charge in [0.25, 0.3) is 0 Å². The van der Waals surface area contributed by atoms with E-state index in [1.807, 2.05) is 0 Å². The van der Waals surface area contributed by atoms with Gasteiger partial charge < -0.3 is 20.5 Å². The van der Waals surface area contributed by atoms with E-state index < -0.39 is 29.6 Å². The predicted octanol–water partition coefficient (Wildman–Crippen LogP) is 2.36. The van der Waals surface area contributed by atoms with Crippen molar-refractivity contribution in [3.8, 4) is 12.3 Å². The first-order valence-corrected chi connectivity index (χ1v) is 7.69. The van der Waals surface area contributed by atoms with Crippen molar-refractivity contribution in [2.24, 2.45) is 0 Å². The molecule has 0 aliphatic carbocycles. The van der Waals surface area contributed by atoms with Crippen molar-refractivity contribution in [3.63, 3.8) is 0 Å². The van der Waals surface area contributed by atoms with Crippen LogP contribution in [-0.4, -0.2) is 34.7 Å². The number of carbonyl (C=O) groups is 3. The molecule has 0 heterocycles. The predicted molar refractivity (Wildman–Crippen MR) is 93.0 cm³/mol. The summed E-state index contributed by atoms with van der Waals surface area (Å²) in [4.78, 5) is 35.0. The van der Waals surface area contributed by atoms with Crippen molar-refractivity contribution in [2.45, 2.75) is 45.3 Å². The van der Waals surface area contributed by atoms with Crippen molar-refractivity contribution in [1.29, 1.82) is 0 Å². The Bertz CT molecular complexity index is 668. The first-order valence-electron chi connectivity index (χ1n) is 7.69. The maximum Gasteiger partial charge on any atom is 0.408 e. The van der Waals surface area contributed by atoms with E-state index in [4.69, 9.17) is 16.3 Å². The Labute approximate surface area is 146 Å². The van der Waals surface area contributed by atoms with Crippen LogP contribution in [0.1, 0.15) is 39.2 Å². The number of carbonyl (C=O) groups excluding carboxylic acids is 2. The Hall–Kier alpha value is -3.01. The van der Waals surface area contributed by atoms with Gasteiger partial charge in [0.15, 0.2) is 0 Å². The molecule has 7 heteroatoms. The molecular weight excluding hydrogens is 324 g/mol. The summed E-state index contributed by atoms with van der Waals surface area (Å²) in [6.45, 7) is 5.06. The third-order valence-electron chi connectivity index (χ3n) is 2.97. The monoisotopic (exact) mass is 346 g/mol. The number of amides is 2. The molecule has 1 rings (SSSR count). The Balaban J connectivity index is 2.78. The fourth-order valence-corrected chi connectivity index (χ4v) is 1.87. The number of carboxylic acids is 1. The fourth-order valence-electron chi connectivity index (χ4n) is 1.87. The van der Waals surface area contributed by atoms with E-state index in [-0.39, 0.29) is 12.8 Å². The highest BCUT2D eigenvalue weighted by molar-refractivity contribution is 5.96. The summed E-state index contributed by atoms with van der Waals surface area (Å²) in [5.74, 6) is 0.851. The van der Waals surface area contributed by atoms with Crippen LogP contribution < -0.4 is 10.6 Å². The fraction of sp³-hybridized carbons (Fsp3) is 0.389. The molecule has 0 saturated carbocycles. The molecule has 0 fully saturated rings. The van der Waals surface area contributed by atoms with Gasteiger partial charge in [-0.3, -0.25) is 9.59 Å². The minimum atomic E-state index is -1.07. The molecule has 134 valence electrons. The maximum absolute atomic E-state index is 12.4. The van der Waals surface area contributed by atoms with E-state index in [0.717, 1.165) is 0 Å². The number of nitrogens with one attached hydrogen (secondary N) is 2. The minimum Gasteiger partial charge on any atom is -0.481 e. The lowest BCUT2D eigenvalue weighted by Crippen LogP contribution is -2.46. The molecule has 25 heavy (non-hydrogen) atoms. The van der Waals surface area contributed by atoms with Crippen LogP contribution in [0.4, 0.5) is 10.5 Å². The van der Waals surface area contributed by atoms with E-state index in [1.165, 1.54) is 0 Å². The molecule has 0 aliphatic rings. The van der Waals surface area contributed by atoms with Crippen LogP contribution in [0.3, 0.4) is 0 Å². The van der Waals surface area contributed by atoms with Gasteiger partial charge in [0, 0.05) is 17.7 Å². The molecule has 0 aliphatic heterocycles. The smallest absolute Gasteiger partial charge is 0.408 e. The third-order valence-corrected chi connectivity index (χ3v) is 2.97. The van der Waals surface area contributed by atoms with Gasteiger partial charge in [-0.05, 0) is 51.5 Å². The molecule has 0 saturated heterocycles. The zero-order chi connectivity index (χ0) is 19.0. The molecule has 1 atom stereocenters. The van der Waals surface area contributed by atoms with Gasteiger partial charge in [0.1, 0.15) is 11.6 Å². The number of hydrogen-bond acceptors (Lipinski definition) is 4. The highest BCUT2D eigenvalue weighted by Crippen LogP contribution is 2.12. The van der Waals surface area contributed by atoms with Crippen LogP contribution in [0, 0.1) is 12.3 Å². The second-order valence-corrected chi connectivity index (χ2v) is 6.34. The summed E-state index contributed by atoms with van der Waals surface area (Å²) in [5.41, 5.74) is 0.408. The van der Waals surface area contributed by atoms with Gasteiger partial charge in [0.05, 0.1) is 0 Å². The second-order valence-electron chi connectivity index (χ2n) is 6.34. The standard InChI is InChI=1S/C18H22N2O5/c1-5-12-6-8-13(9-7-12)19-16(23)14(10-11-15(21)22)20-17(24)25-18(2,3)4/h1,6-9,14H,10-11H2,2-4H3,(H,19,23)(H,20,24)(H,21,22). The summed E-state index contributed by atoms with van der Waals surface area (Å²) in [7, 11) is 0. The molecule has 0 spiro atoms. The SMILES string of the molecule is C#Cc1ccc(NC(=O)C(CCC(=O)O)NC(=O)OC(C)(C)C)cc1. The minimum absolute atomic E-state index is 0.0666. The summed E-state index contributed by atoms with van der Waals surface area (Å²) < 4.78 is 5.11. The summed E-state index contributed by atoms with van der Waals surface area (Å²) >= 11 is 0. The topological polar surface area (TPSA) is 105 Å². The Morgan fingerprint density at radius 2 is 1.84 bits per heavy atom. The lowest BCUT2D eigenvalue weighted by atomic mass is 10.1. The highest BCUT2D eigenvalue weighted by atomic mass is 16.6. The number of benzene rings is 1. The van der Waals surface area contributed by atoms with Crippen molar-refractivity contribution in [2.75, 3.05) is 5.32 Å². The molecule has 1 aromatic rings. The Morgan fingerprint density at radius 3 is 2.32 bits per heavy atom. The number of anilines is 1. The molecule has 0 radical (unpaired) electrons. The number of terminal acetylenes is 1. The van der Waals surface area contributed by atoms with Gasteiger partial charge >= 0.3 is 12.1 Å². The van der Waals surface area contributed by atoms with Crippen molar-refractivity contribution < 1.29 is 24.2 Å². The highest BCUT2D eigenvalue weighted by Gasteiger charge is 2.25. The first-order chi connectivity index (χ1) is 11.6. The van der Waals surface area contributed by atoms with Crippen LogP contribution in [0.15, 0.2) is 24.3 Å². The molecule has 2 amide bonds. The van der Waals surface area contributed by atoms with Gasteiger partial charge in [-0.1, -0.05) is 5.92 Å². The normalized spacial score (nSPS) is 11.8. The maximum atomic E-state index is 12.4. The Morgan fingerprint density at radius 1 is 1.24 bits per heavy atom. The van der Waals surface area contributed by atoms with Crippen LogP contribution >= 0.6 is 0 Å². The number of ether oxygens (including phenoxy) is 1. The zero-order valence-corrected chi connectivity index (χ0v) is 14.5. The average molecular weight is 346 g/mol. The van der Waals surface area contributed by atoms with Gasteiger partial charge in [-0.2, -0.15) is 0 Å². The van der Waals surface area contributed by atoms with Gasteiger partial charge in [-0.15, -0.1) is 6.42 Å². The first kappa shape index (κ1) is 20.0. The summed E-state index contributed by atoms with van der Waals surface area (Å²) in [6.07, 6.45) is 4.14. The zero-order valence-electron chi connectivity index (χ0n) is 14.5. The molecule has 3 N–H and O–H groups in total. The summed E-state index contributed by atoms with van der Waals surface area (Å²) in [6, 6.07) is 5.51. The molecule has 7 nitrogen and oxygen atoms in total. The average Bonchev–Trinajstić information content (AvgIpc) is 2.50. The lowest BCUT2D eigenvalue weighted by Gasteiger charge is -2.23. The molecule has 0 bridgehead atoms. The second kappa shape index (κ2) is 8.73.